The molecule has 0 saturated carbocycles. The Morgan fingerprint density at radius 1 is 1.56 bits per heavy atom. The number of nitrogens with two attached hydrogens (primary N) is 1. The average Bonchev–Trinajstić information content (AvgIpc) is 2.83. The Morgan fingerprint density at radius 3 is 2.89 bits per heavy atom. The number of rotatable bonds is 5. The molecule has 0 aliphatic carbocycles. The van der Waals surface area contributed by atoms with Crippen molar-refractivity contribution in [3.05, 3.63) is 0 Å². The van der Waals surface area contributed by atoms with E-state index in [0.717, 1.165) is 19.3 Å². The van der Waals surface area contributed by atoms with Gasteiger partial charge in [0.2, 0.25) is 5.91 Å². The van der Waals surface area contributed by atoms with E-state index >= 15 is 0 Å². The molecule has 1 fully saturated rings. The Bertz CT molecular complexity index is 296. The maximum Gasteiger partial charge on any atom is 0.407 e. The van der Waals surface area contributed by atoms with Gasteiger partial charge in [-0.3, -0.25) is 4.79 Å². The van der Waals surface area contributed by atoms with Crippen molar-refractivity contribution in [2.75, 3.05) is 26.7 Å². The highest BCUT2D eigenvalue weighted by atomic mass is 16.5. The molecule has 1 heterocycles. The first kappa shape index (κ1) is 14.8. The van der Waals surface area contributed by atoms with Crippen LogP contribution in [0.1, 0.15) is 26.2 Å². The molecule has 1 aliphatic rings. The van der Waals surface area contributed by atoms with Crippen LogP contribution in [-0.2, 0) is 9.53 Å². The number of methoxy groups -OCH3 is 1. The summed E-state index contributed by atoms with van der Waals surface area (Å²) in [7, 11) is 1.34. The molecule has 2 atom stereocenters. The van der Waals surface area contributed by atoms with E-state index in [2.05, 4.69) is 10.1 Å². The SMILES string of the molecule is COC(=O)NC1CCN(C(=O)C(C)CCCN)C1. The number of carbonyl (C=O) groups is 2. The highest BCUT2D eigenvalue weighted by molar-refractivity contribution is 5.79. The molecule has 18 heavy (non-hydrogen) atoms. The summed E-state index contributed by atoms with van der Waals surface area (Å²) >= 11 is 0. The fraction of sp³-hybridized carbons (Fsp3) is 0.833. The van der Waals surface area contributed by atoms with E-state index in [1.807, 2.05) is 11.8 Å². The molecule has 6 heteroatoms. The van der Waals surface area contributed by atoms with E-state index in [-0.39, 0.29) is 17.9 Å². The normalized spacial score (nSPS) is 20.6. The fourth-order valence-corrected chi connectivity index (χ4v) is 2.16. The Morgan fingerprint density at radius 2 is 2.28 bits per heavy atom. The summed E-state index contributed by atoms with van der Waals surface area (Å²) in [5, 5.41) is 2.72. The number of ether oxygens (including phenoxy) is 1. The Labute approximate surface area is 108 Å². The van der Waals surface area contributed by atoms with Gasteiger partial charge in [0.05, 0.1) is 13.2 Å². The van der Waals surface area contributed by atoms with Crippen LogP contribution < -0.4 is 11.1 Å². The van der Waals surface area contributed by atoms with Crippen LogP contribution in [0.2, 0.25) is 0 Å². The lowest BCUT2D eigenvalue weighted by Crippen LogP contribution is -2.39. The molecule has 2 unspecified atom stereocenters. The number of nitrogens with zero attached hydrogens (tertiary/aromatic N) is 1. The number of carbonyl (C=O) groups excluding carboxylic acids is 2. The van der Waals surface area contributed by atoms with Gasteiger partial charge in [-0.05, 0) is 25.8 Å². The van der Waals surface area contributed by atoms with Gasteiger partial charge in [0.15, 0.2) is 0 Å². The van der Waals surface area contributed by atoms with Gasteiger partial charge in [0, 0.05) is 19.0 Å². The molecule has 0 radical (unpaired) electrons. The number of alkyl carbamates (subject to hydrolysis) is 1. The highest BCUT2D eigenvalue weighted by Crippen LogP contribution is 2.15. The predicted molar refractivity (Wildman–Crippen MR) is 68.0 cm³/mol. The van der Waals surface area contributed by atoms with Crippen molar-refractivity contribution < 1.29 is 14.3 Å². The quantitative estimate of drug-likeness (QED) is 0.742. The number of nitrogens with one attached hydrogen (secondary N) is 1. The third-order valence-electron chi connectivity index (χ3n) is 3.27. The maximum atomic E-state index is 12.1. The second kappa shape index (κ2) is 7.20. The Balaban J connectivity index is 2.36. The Kier molecular flexibility index (Phi) is 5.91. The van der Waals surface area contributed by atoms with Gasteiger partial charge >= 0.3 is 6.09 Å². The summed E-state index contributed by atoms with van der Waals surface area (Å²) in [6.07, 6.45) is 2.03. The molecule has 3 N–H and O–H groups in total. The van der Waals surface area contributed by atoms with Crippen LogP contribution in [0.5, 0.6) is 0 Å². The minimum Gasteiger partial charge on any atom is -0.453 e. The number of amides is 2. The summed E-state index contributed by atoms with van der Waals surface area (Å²) in [5.41, 5.74) is 5.44. The smallest absolute Gasteiger partial charge is 0.407 e. The van der Waals surface area contributed by atoms with Crippen LogP contribution in [0, 0.1) is 5.92 Å². The van der Waals surface area contributed by atoms with Crippen LogP contribution in [-0.4, -0.2) is 49.7 Å². The first-order chi connectivity index (χ1) is 8.58. The van der Waals surface area contributed by atoms with Gasteiger partial charge < -0.3 is 20.7 Å². The minimum atomic E-state index is -0.439. The zero-order valence-electron chi connectivity index (χ0n) is 11.1. The summed E-state index contributed by atoms with van der Waals surface area (Å²) < 4.78 is 4.54. The van der Waals surface area contributed by atoms with Crippen molar-refractivity contribution in [3.8, 4) is 0 Å². The number of hydrogen-bond donors (Lipinski definition) is 2. The minimum absolute atomic E-state index is 0.00288. The van der Waals surface area contributed by atoms with Crippen LogP contribution in [0.4, 0.5) is 4.79 Å². The molecule has 1 aliphatic heterocycles. The monoisotopic (exact) mass is 257 g/mol. The van der Waals surface area contributed by atoms with Gasteiger partial charge in [0.1, 0.15) is 0 Å². The molecule has 0 aromatic heterocycles. The van der Waals surface area contributed by atoms with Gasteiger partial charge in [-0.15, -0.1) is 0 Å². The van der Waals surface area contributed by atoms with Gasteiger partial charge in [0.25, 0.3) is 0 Å². The van der Waals surface area contributed by atoms with Crippen molar-refractivity contribution in [2.45, 2.75) is 32.2 Å². The molecule has 6 nitrogen and oxygen atoms in total. The van der Waals surface area contributed by atoms with Crippen molar-refractivity contribution in [2.24, 2.45) is 11.7 Å². The van der Waals surface area contributed by atoms with E-state index < -0.39 is 6.09 Å². The first-order valence-electron chi connectivity index (χ1n) is 6.41. The molecular formula is C12H23N3O3. The van der Waals surface area contributed by atoms with E-state index in [9.17, 15) is 9.59 Å². The number of hydrogen-bond acceptors (Lipinski definition) is 4. The zero-order chi connectivity index (χ0) is 13.5. The first-order valence-corrected chi connectivity index (χ1v) is 6.41. The van der Waals surface area contributed by atoms with Crippen molar-refractivity contribution in [1.29, 1.82) is 0 Å². The topological polar surface area (TPSA) is 84.7 Å². The van der Waals surface area contributed by atoms with Crippen LogP contribution in [0.25, 0.3) is 0 Å². The molecule has 1 rings (SSSR count). The largest absolute Gasteiger partial charge is 0.453 e. The molecular weight excluding hydrogens is 234 g/mol. The third-order valence-corrected chi connectivity index (χ3v) is 3.27. The lowest BCUT2D eigenvalue weighted by Gasteiger charge is -2.21. The standard InChI is InChI=1S/C12H23N3O3/c1-9(4-3-6-13)11(16)15-7-5-10(8-15)14-12(17)18-2/h9-10H,3-8,13H2,1-2H3,(H,14,17). The van der Waals surface area contributed by atoms with E-state index in [1.54, 1.807) is 0 Å². The summed E-state index contributed by atoms with van der Waals surface area (Å²) in [5.74, 6) is 0.156. The van der Waals surface area contributed by atoms with Crippen LogP contribution >= 0.6 is 0 Å². The van der Waals surface area contributed by atoms with E-state index in [1.165, 1.54) is 7.11 Å². The molecule has 0 aromatic carbocycles. The average molecular weight is 257 g/mol. The lowest BCUT2D eigenvalue weighted by atomic mass is 10.0. The third kappa shape index (κ3) is 4.18. The Hall–Kier alpha value is -1.30. The molecule has 1 saturated heterocycles. The lowest BCUT2D eigenvalue weighted by molar-refractivity contribution is -0.134. The van der Waals surface area contributed by atoms with E-state index in [4.69, 9.17) is 5.73 Å². The maximum absolute atomic E-state index is 12.1. The summed E-state index contributed by atoms with van der Waals surface area (Å²) in [6.45, 7) is 3.81. The summed E-state index contributed by atoms with van der Waals surface area (Å²) in [6, 6.07) is 0.00288. The highest BCUT2D eigenvalue weighted by Gasteiger charge is 2.29. The molecule has 0 bridgehead atoms. The predicted octanol–water partition coefficient (Wildman–Crippen LogP) is 0.318. The zero-order valence-corrected chi connectivity index (χ0v) is 11.1. The number of likely N-dealkylation sites (tertiary alicyclic amines) is 1. The molecule has 0 spiro atoms. The van der Waals surface area contributed by atoms with Crippen LogP contribution in [0.15, 0.2) is 0 Å². The fourth-order valence-electron chi connectivity index (χ4n) is 2.16. The van der Waals surface area contributed by atoms with Gasteiger partial charge in [-0.2, -0.15) is 0 Å². The molecule has 104 valence electrons. The van der Waals surface area contributed by atoms with Gasteiger partial charge in [-0.25, -0.2) is 4.79 Å². The summed E-state index contributed by atoms with van der Waals surface area (Å²) in [4.78, 5) is 25.0. The van der Waals surface area contributed by atoms with Crippen LogP contribution in [0.3, 0.4) is 0 Å². The molecule has 0 aromatic rings. The van der Waals surface area contributed by atoms with E-state index in [0.29, 0.717) is 19.6 Å². The van der Waals surface area contributed by atoms with Crippen molar-refractivity contribution in [1.82, 2.24) is 10.2 Å². The van der Waals surface area contributed by atoms with Crippen molar-refractivity contribution in [3.63, 3.8) is 0 Å². The second-order valence-electron chi connectivity index (χ2n) is 4.74. The van der Waals surface area contributed by atoms with Crippen molar-refractivity contribution >= 4 is 12.0 Å². The molecule has 2 amide bonds. The second-order valence-corrected chi connectivity index (χ2v) is 4.74. The van der Waals surface area contributed by atoms with Gasteiger partial charge in [-0.1, -0.05) is 6.92 Å².